The van der Waals surface area contributed by atoms with Crippen molar-refractivity contribution in [3.63, 3.8) is 0 Å². The van der Waals surface area contributed by atoms with E-state index in [1.165, 1.54) is 18.2 Å². The fourth-order valence-corrected chi connectivity index (χ4v) is 1.06. The molecule has 2 amide bonds. The number of primary amides is 1. The molecule has 0 aliphatic heterocycles. The summed E-state index contributed by atoms with van der Waals surface area (Å²) >= 11 is 0. The Bertz CT molecular complexity index is 491. The summed E-state index contributed by atoms with van der Waals surface area (Å²) in [4.78, 5) is 36.1. The van der Waals surface area contributed by atoms with Gasteiger partial charge in [0.1, 0.15) is 5.69 Å². The first-order valence-corrected chi connectivity index (χ1v) is 5.10. The van der Waals surface area contributed by atoms with E-state index < -0.39 is 17.2 Å². The molecule has 0 unspecified atom stereocenters. The van der Waals surface area contributed by atoms with E-state index in [9.17, 15) is 14.4 Å². The highest BCUT2D eigenvalue weighted by Gasteiger charge is 2.25. The lowest BCUT2D eigenvalue weighted by atomic mass is 9.93. The third kappa shape index (κ3) is 3.44. The Morgan fingerprint density at radius 3 is 2.59 bits per heavy atom. The fraction of sp³-hybridized carbons (Fsp3) is 0.364. The molecular formula is C11H15N3O3. The van der Waals surface area contributed by atoms with Gasteiger partial charge in [0.25, 0.3) is 5.91 Å². The van der Waals surface area contributed by atoms with Crippen LogP contribution in [0.1, 0.15) is 24.3 Å². The predicted molar refractivity (Wildman–Crippen MR) is 62.4 cm³/mol. The number of rotatable bonds is 4. The lowest BCUT2D eigenvalue weighted by molar-refractivity contribution is -0.125. The maximum absolute atomic E-state index is 11.6. The molecule has 0 saturated heterocycles. The molecule has 6 nitrogen and oxygen atoms in total. The standard InChI is InChI=1S/C11H15N3O3/c1-11(2,10(12)17)6-13-9(16)7-4-3-5-8(15)14-7/h3-5H,6H2,1-2H3,(H2,12,17)(H,13,16)(H,14,15). The SMILES string of the molecule is CC(C)(CNC(=O)c1cccc(=O)[nH]1)C(N)=O. The number of aromatic amines is 1. The third-order valence-electron chi connectivity index (χ3n) is 2.37. The van der Waals surface area contributed by atoms with E-state index in [4.69, 9.17) is 5.73 Å². The monoisotopic (exact) mass is 237 g/mol. The summed E-state index contributed by atoms with van der Waals surface area (Å²) in [5, 5.41) is 2.54. The van der Waals surface area contributed by atoms with Gasteiger partial charge in [-0.15, -0.1) is 0 Å². The number of carbonyl (C=O) groups is 2. The third-order valence-corrected chi connectivity index (χ3v) is 2.37. The van der Waals surface area contributed by atoms with Crippen LogP contribution in [0.4, 0.5) is 0 Å². The van der Waals surface area contributed by atoms with E-state index in [0.717, 1.165) is 0 Å². The highest BCUT2D eigenvalue weighted by atomic mass is 16.2. The first kappa shape index (κ1) is 13.0. The minimum Gasteiger partial charge on any atom is -0.369 e. The number of aromatic nitrogens is 1. The van der Waals surface area contributed by atoms with Gasteiger partial charge in [-0.1, -0.05) is 6.07 Å². The zero-order chi connectivity index (χ0) is 13.1. The average Bonchev–Trinajstić information content (AvgIpc) is 2.25. The molecule has 6 heteroatoms. The van der Waals surface area contributed by atoms with Gasteiger partial charge in [-0.05, 0) is 19.9 Å². The average molecular weight is 237 g/mol. The van der Waals surface area contributed by atoms with E-state index in [1.807, 2.05) is 0 Å². The van der Waals surface area contributed by atoms with E-state index in [1.54, 1.807) is 13.8 Å². The highest BCUT2D eigenvalue weighted by Crippen LogP contribution is 2.11. The zero-order valence-corrected chi connectivity index (χ0v) is 9.74. The molecule has 1 aromatic heterocycles. The van der Waals surface area contributed by atoms with Crippen LogP contribution in [0.25, 0.3) is 0 Å². The molecule has 1 rings (SSSR count). The van der Waals surface area contributed by atoms with Gasteiger partial charge in [0.2, 0.25) is 11.5 Å². The number of hydrogen-bond acceptors (Lipinski definition) is 3. The topological polar surface area (TPSA) is 105 Å². The second-order valence-electron chi connectivity index (χ2n) is 4.36. The molecule has 4 N–H and O–H groups in total. The van der Waals surface area contributed by atoms with Gasteiger partial charge in [-0.3, -0.25) is 14.4 Å². The summed E-state index contributed by atoms with van der Waals surface area (Å²) in [5.74, 6) is -0.948. The van der Waals surface area contributed by atoms with Gasteiger partial charge in [0, 0.05) is 12.6 Å². The van der Waals surface area contributed by atoms with Crippen LogP contribution in [0.2, 0.25) is 0 Å². The molecule has 1 heterocycles. The molecule has 1 aromatic rings. The number of nitrogens with two attached hydrogens (primary N) is 1. The molecule has 0 atom stereocenters. The van der Waals surface area contributed by atoms with Crippen molar-refractivity contribution in [1.29, 1.82) is 0 Å². The van der Waals surface area contributed by atoms with Gasteiger partial charge < -0.3 is 16.0 Å². The van der Waals surface area contributed by atoms with Crippen molar-refractivity contribution >= 4 is 11.8 Å². The molecule has 17 heavy (non-hydrogen) atoms. The minimum absolute atomic E-state index is 0.109. The van der Waals surface area contributed by atoms with Gasteiger partial charge in [0.15, 0.2) is 0 Å². The van der Waals surface area contributed by atoms with Crippen LogP contribution in [-0.2, 0) is 4.79 Å². The molecule has 92 valence electrons. The largest absolute Gasteiger partial charge is 0.369 e. The predicted octanol–water partition coefficient (Wildman–Crippen LogP) is -0.384. The van der Waals surface area contributed by atoms with Crippen LogP contribution in [0.3, 0.4) is 0 Å². The van der Waals surface area contributed by atoms with Gasteiger partial charge in [0.05, 0.1) is 5.41 Å². The van der Waals surface area contributed by atoms with Gasteiger partial charge >= 0.3 is 0 Å². The van der Waals surface area contributed by atoms with Crippen LogP contribution in [0, 0.1) is 5.41 Å². The fourth-order valence-electron chi connectivity index (χ4n) is 1.06. The number of hydrogen-bond donors (Lipinski definition) is 3. The van der Waals surface area contributed by atoms with Crippen LogP contribution in [0.5, 0.6) is 0 Å². The molecule has 0 aliphatic carbocycles. The molecule has 0 aliphatic rings. The van der Waals surface area contributed by atoms with Crippen molar-refractivity contribution in [3.05, 3.63) is 34.2 Å². The minimum atomic E-state index is -0.829. The number of carbonyl (C=O) groups excluding carboxylic acids is 2. The molecule has 0 aromatic carbocycles. The first-order valence-electron chi connectivity index (χ1n) is 5.10. The highest BCUT2D eigenvalue weighted by molar-refractivity contribution is 5.92. The zero-order valence-electron chi connectivity index (χ0n) is 9.74. The maximum Gasteiger partial charge on any atom is 0.267 e. The number of pyridine rings is 1. The summed E-state index contributed by atoms with van der Waals surface area (Å²) in [6.07, 6.45) is 0. The molecular weight excluding hydrogens is 222 g/mol. The van der Waals surface area contributed by atoms with Gasteiger partial charge in [-0.2, -0.15) is 0 Å². The van der Waals surface area contributed by atoms with E-state index >= 15 is 0 Å². The summed E-state index contributed by atoms with van der Waals surface area (Å²) in [5.41, 5.74) is 4.14. The van der Waals surface area contributed by atoms with E-state index in [0.29, 0.717) is 0 Å². The first-order chi connectivity index (χ1) is 7.83. The summed E-state index contributed by atoms with van der Waals surface area (Å²) < 4.78 is 0. The Morgan fingerprint density at radius 2 is 2.06 bits per heavy atom. The number of H-pyrrole nitrogens is 1. The van der Waals surface area contributed by atoms with E-state index in [2.05, 4.69) is 10.3 Å². The Labute approximate surface area is 98.2 Å². The second-order valence-corrected chi connectivity index (χ2v) is 4.36. The molecule has 0 spiro atoms. The number of amides is 2. The van der Waals surface area contributed by atoms with Crippen LogP contribution < -0.4 is 16.6 Å². The molecule has 0 saturated carbocycles. The second kappa shape index (κ2) is 4.82. The van der Waals surface area contributed by atoms with Crippen molar-refractivity contribution in [2.75, 3.05) is 6.54 Å². The summed E-state index contributed by atoms with van der Waals surface area (Å²) in [6, 6.07) is 4.27. The molecule has 0 bridgehead atoms. The van der Waals surface area contributed by atoms with Crippen molar-refractivity contribution in [3.8, 4) is 0 Å². The summed E-state index contributed by atoms with van der Waals surface area (Å²) in [7, 11) is 0. The molecule has 0 radical (unpaired) electrons. The van der Waals surface area contributed by atoms with Gasteiger partial charge in [-0.25, -0.2) is 0 Å². The Balaban J connectivity index is 2.69. The normalized spacial score (nSPS) is 10.9. The van der Waals surface area contributed by atoms with Crippen molar-refractivity contribution in [2.45, 2.75) is 13.8 Å². The van der Waals surface area contributed by atoms with Crippen molar-refractivity contribution in [1.82, 2.24) is 10.3 Å². The summed E-state index contributed by atoms with van der Waals surface area (Å²) in [6.45, 7) is 3.37. The molecule has 0 fully saturated rings. The Hall–Kier alpha value is -2.11. The number of nitrogens with one attached hydrogen (secondary N) is 2. The van der Waals surface area contributed by atoms with Crippen LogP contribution in [0.15, 0.2) is 23.0 Å². The van der Waals surface area contributed by atoms with Crippen LogP contribution in [-0.4, -0.2) is 23.3 Å². The lowest BCUT2D eigenvalue weighted by Crippen LogP contribution is -2.42. The smallest absolute Gasteiger partial charge is 0.267 e. The maximum atomic E-state index is 11.6. The quantitative estimate of drug-likeness (QED) is 0.664. The van der Waals surface area contributed by atoms with Crippen molar-refractivity contribution < 1.29 is 9.59 Å². The lowest BCUT2D eigenvalue weighted by Gasteiger charge is -2.20. The van der Waals surface area contributed by atoms with Crippen LogP contribution >= 0.6 is 0 Å². The Kier molecular flexibility index (Phi) is 3.67. The van der Waals surface area contributed by atoms with E-state index in [-0.39, 0.29) is 17.8 Å². The Morgan fingerprint density at radius 1 is 1.41 bits per heavy atom. The van der Waals surface area contributed by atoms with Crippen molar-refractivity contribution in [2.24, 2.45) is 11.1 Å².